The molecule has 2 aromatic heterocycles. The van der Waals surface area contributed by atoms with E-state index in [2.05, 4.69) is 41.5 Å². The van der Waals surface area contributed by atoms with Crippen molar-refractivity contribution in [1.29, 1.82) is 0 Å². The van der Waals surface area contributed by atoms with Crippen molar-refractivity contribution in [3.8, 4) is 0 Å². The molecule has 9 heteroatoms. The molecular weight excluding hydrogens is 386 g/mol. The minimum Gasteiger partial charge on any atom is -0.356 e. The van der Waals surface area contributed by atoms with Crippen molar-refractivity contribution in [2.24, 2.45) is 4.99 Å². The molecule has 2 aliphatic heterocycles. The quantitative estimate of drug-likeness (QED) is 0.600. The van der Waals surface area contributed by atoms with E-state index in [1.165, 1.54) is 10.4 Å². The molecule has 0 saturated carbocycles. The van der Waals surface area contributed by atoms with Crippen LogP contribution in [0.25, 0.3) is 0 Å². The summed E-state index contributed by atoms with van der Waals surface area (Å²) in [5.41, 5.74) is 1.30. The molecule has 4 heterocycles. The number of nitrogens with one attached hydrogen (secondary N) is 1. The number of nitrogens with zero attached hydrogens (tertiary/aromatic N) is 6. The average molecular weight is 414 g/mol. The lowest BCUT2D eigenvalue weighted by atomic mass is 10.1. The number of guanidine groups is 1. The van der Waals surface area contributed by atoms with Crippen molar-refractivity contribution < 1.29 is 4.79 Å². The van der Waals surface area contributed by atoms with E-state index in [1.807, 2.05) is 11.0 Å². The number of thiophene rings is 1. The summed E-state index contributed by atoms with van der Waals surface area (Å²) in [4.78, 5) is 33.4. The largest absolute Gasteiger partial charge is 0.356 e. The molecular formula is C20H27N7OS. The van der Waals surface area contributed by atoms with Gasteiger partial charge in [0, 0.05) is 76.6 Å². The van der Waals surface area contributed by atoms with Crippen molar-refractivity contribution in [1.82, 2.24) is 25.1 Å². The van der Waals surface area contributed by atoms with E-state index in [0.717, 1.165) is 57.6 Å². The predicted octanol–water partition coefficient (Wildman–Crippen LogP) is 1.21. The van der Waals surface area contributed by atoms with Crippen LogP contribution >= 0.6 is 11.3 Å². The van der Waals surface area contributed by atoms with Crippen molar-refractivity contribution in [3.05, 3.63) is 40.3 Å². The van der Waals surface area contributed by atoms with Crippen LogP contribution in [0.2, 0.25) is 0 Å². The van der Waals surface area contributed by atoms with E-state index >= 15 is 0 Å². The molecule has 1 N–H and O–H groups in total. The Morgan fingerprint density at radius 1 is 1.17 bits per heavy atom. The van der Waals surface area contributed by atoms with Gasteiger partial charge in [0.05, 0.1) is 0 Å². The summed E-state index contributed by atoms with van der Waals surface area (Å²) in [6.07, 6.45) is 5.00. The van der Waals surface area contributed by atoms with E-state index in [-0.39, 0.29) is 5.91 Å². The molecule has 0 atom stereocenters. The van der Waals surface area contributed by atoms with Gasteiger partial charge in [0.25, 0.3) is 0 Å². The molecule has 0 aliphatic carbocycles. The van der Waals surface area contributed by atoms with E-state index in [0.29, 0.717) is 13.0 Å². The second kappa shape index (κ2) is 9.21. The number of fused-ring (bicyclic) bond motifs is 1. The molecule has 0 unspecified atom stereocenters. The second-order valence-corrected chi connectivity index (χ2v) is 8.18. The van der Waals surface area contributed by atoms with Crippen LogP contribution in [0.1, 0.15) is 16.9 Å². The Morgan fingerprint density at radius 3 is 2.72 bits per heavy atom. The first kappa shape index (κ1) is 19.6. The topological polar surface area (TPSA) is 77.0 Å². The molecule has 8 nitrogen and oxygen atoms in total. The van der Waals surface area contributed by atoms with Crippen LogP contribution in [-0.2, 0) is 17.8 Å². The van der Waals surface area contributed by atoms with Gasteiger partial charge in [-0.1, -0.05) is 0 Å². The zero-order chi connectivity index (χ0) is 20.1. The number of hydrogen-bond donors (Lipinski definition) is 1. The predicted molar refractivity (Wildman–Crippen MR) is 115 cm³/mol. The third-order valence-electron chi connectivity index (χ3n) is 5.41. The summed E-state index contributed by atoms with van der Waals surface area (Å²) in [7, 11) is 1.79. The van der Waals surface area contributed by atoms with Crippen molar-refractivity contribution >= 4 is 29.2 Å². The maximum atomic E-state index is 12.6. The van der Waals surface area contributed by atoms with E-state index in [1.54, 1.807) is 30.8 Å². The molecule has 0 bridgehead atoms. The van der Waals surface area contributed by atoms with Gasteiger partial charge in [0.2, 0.25) is 11.9 Å². The molecule has 2 aliphatic rings. The van der Waals surface area contributed by atoms with Gasteiger partial charge >= 0.3 is 0 Å². The number of amides is 1. The molecule has 0 spiro atoms. The fourth-order valence-corrected chi connectivity index (χ4v) is 4.70. The summed E-state index contributed by atoms with van der Waals surface area (Å²) >= 11 is 1.80. The molecule has 0 radical (unpaired) electrons. The molecule has 0 aromatic carbocycles. The Bertz CT molecular complexity index is 846. The number of carbonyl (C=O) groups excluding carboxylic acids is 1. The third-order valence-corrected chi connectivity index (χ3v) is 6.43. The SMILES string of the molecule is CN=C(NCCC(=O)N1CCc2sccc2C1)N1CCN(c2ncccn2)CC1. The van der Waals surface area contributed by atoms with Crippen LogP contribution < -0.4 is 10.2 Å². The molecule has 1 saturated heterocycles. The number of rotatable bonds is 4. The Hall–Kier alpha value is -2.68. The number of aromatic nitrogens is 2. The summed E-state index contributed by atoms with van der Waals surface area (Å²) in [5.74, 6) is 1.83. The van der Waals surface area contributed by atoms with Gasteiger partial charge in [-0.2, -0.15) is 0 Å². The van der Waals surface area contributed by atoms with Crippen LogP contribution in [0.3, 0.4) is 0 Å². The van der Waals surface area contributed by atoms with Gasteiger partial charge in [0.1, 0.15) is 0 Å². The van der Waals surface area contributed by atoms with Crippen LogP contribution in [0.15, 0.2) is 34.9 Å². The highest BCUT2D eigenvalue weighted by atomic mass is 32.1. The maximum Gasteiger partial charge on any atom is 0.225 e. The molecule has 1 amide bonds. The smallest absolute Gasteiger partial charge is 0.225 e. The number of anilines is 1. The van der Waals surface area contributed by atoms with Crippen LogP contribution in [0, 0.1) is 0 Å². The Balaban J connectivity index is 1.22. The van der Waals surface area contributed by atoms with Gasteiger partial charge in [-0.05, 0) is 29.5 Å². The minimum absolute atomic E-state index is 0.204. The zero-order valence-corrected chi connectivity index (χ0v) is 17.6. The number of hydrogen-bond acceptors (Lipinski definition) is 6. The fraction of sp³-hybridized carbons (Fsp3) is 0.500. The molecule has 154 valence electrons. The maximum absolute atomic E-state index is 12.6. The summed E-state index contributed by atoms with van der Waals surface area (Å²) in [6.45, 7) is 5.56. The Labute approximate surface area is 175 Å². The summed E-state index contributed by atoms with van der Waals surface area (Å²) in [6, 6.07) is 3.97. The highest BCUT2D eigenvalue weighted by molar-refractivity contribution is 7.10. The molecule has 4 rings (SSSR count). The van der Waals surface area contributed by atoms with Gasteiger partial charge in [-0.25, -0.2) is 9.97 Å². The van der Waals surface area contributed by atoms with Crippen molar-refractivity contribution in [2.75, 3.05) is 51.2 Å². The normalized spacial score (nSPS) is 17.3. The van der Waals surface area contributed by atoms with E-state index in [4.69, 9.17) is 0 Å². The standard InChI is InChI=1S/C20H27N7OS/c1-21-19(25-10-12-26(13-11-25)20-22-6-2-7-23-20)24-8-3-18(28)27-9-4-17-16(15-27)5-14-29-17/h2,5-7,14H,3-4,8-13,15H2,1H3,(H,21,24). The van der Waals surface area contributed by atoms with Gasteiger partial charge < -0.3 is 20.0 Å². The fourth-order valence-electron chi connectivity index (χ4n) is 3.81. The first-order chi connectivity index (χ1) is 14.2. The van der Waals surface area contributed by atoms with E-state index < -0.39 is 0 Å². The van der Waals surface area contributed by atoms with Gasteiger partial charge in [-0.15, -0.1) is 11.3 Å². The van der Waals surface area contributed by atoms with Crippen LogP contribution in [-0.4, -0.2) is 78.0 Å². The third kappa shape index (κ3) is 4.67. The molecule has 29 heavy (non-hydrogen) atoms. The highest BCUT2D eigenvalue weighted by Gasteiger charge is 2.23. The summed E-state index contributed by atoms with van der Waals surface area (Å²) in [5, 5.41) is 5.48. The summed E-state index contributed by atoms with van der Waals surface area (Å²) < 4.78 is 0. The highest BCUT2D eigenvalue weighted by Crippen LogP contribution is 2.24. The number of aliphatic imine (C=N–C) groups is 1. The lowest BCUT2D eigenvalue weighted by Gasteiger charge is -2.36. The van der Waals surface area contributed by atoms with Crippen molar-refractivity contribution in [2.45, 2.75) is 19.4 Å². The van der Waals surface area contributed by atoms with Crippen LogP contribution in [0.4, 0.5) is 5.95 Å². The van der Waals surface area contributed by atoms with Crippen LogP contribution in [0.5, 0.6) is 0 Å². The minimum atomic E-state index is 0.204. The van der Waals surface area contributed by atoms with E-state index in [9.17, 15) is 4.79 Å². The lowest BCUT2D eigenvalue weighted by Crippen LogP contribution is -2.53. The number of piperazine rings is 1. The second-order valence-electron chi connectivity index (χ2n) is 7.18. The first-order valence-corrected chi connectivity index (χ1v) is 10.9. The molecule has 2 aromatic rings. The number of carbonyl (C=O) groups is 1. The Morgan fingerprint density at radius 2 is 1.97 bits per heavy atom. The van der Waals surface area contributed by atoms with Gasteiger partial charge in [-0.3, -0.25) is 9.79 Å². The monoisotopic (exact) mass is 413 g/mol. The van der Waals surface area contributed by atoms with Gasteiger partial charge in [0.15, 0.2) is 5.96 Å². The zero-order valence-electron chi connectivity index (χ0n) is 16.8. The van der Waals surface area contributed by atoms with Crippen molar-refractivity contribution in [3.63, 3.8) is 0 Å². The average Bonchev–Trinajstić information content (AvgIpc) is 3.25. The lowest BCUT2D eigenvalue weighted by molar-refractivity contribution is -0.131. The Kier molecular flexibility index (Phi) is 6.24. The first-order valence-electron chi connectivity index (χ1n) is 10.0. The molecule has 1 fully saturated rings.